The molecule has 0 aromatic heterocycles. The van der Waals surface area contributed by atoms with Crippen molar-refractivity contribution in [2.24, 2.45) is 5.92 Å². The number of piperazine rings is 1. The SMILES string of the molecule is CCCC(=O)N1CCCC(C(=O)N2CCNCC2c2cccc(Cl)c2)C1.Cl. The van der Waals surface area contributed by atoms with Crippen molar-refractivity contribution in [1.82, 2.24) is 15.1 Å². The fourth-order valence-electron chi connectivity index (χ4n) is 3.99. The molecule has 3 rings (SSSR count). The molecule has 2 aliphatic rings. The summed E-state index contributed by atoms with van der Waals surface area (Å²) in [6.45, 7) is 5.58. The molecule has 1 N–H and O–H groups in total. The van der Waals surface area contributed by atoms with Crippen LogP contribution in [-0.2, 0) is 9.59 Å². The smallest absolute Gasteiger partial charge is 0.228 e. The highest BCUT2D eigenvalue weighted by molar-refractivity contribution is 6.30. The number of carbonyl (C=O) groups excluding carboxylic acids is 2. The third kappa shape index (κ3) is 5.37. The Morgan fingerprint density at radius 2 is 2.11 bits per heavy atom. The van der Waals surface area contributed by atoms with Gasteiger partial charge in [-0.15, -0.1) is 12.4 Å². The van der Waals surface area contributed by atoms with E-state index in [0.717, 1.165) is 44.5 Å². The zero-order valence-electron chi connectivity index (χ0n) is 15.8. The van der Waals surface area contributed by atoms with Crippen LogP contribution in [-0.4, -0.2) is 54.3 Å². The number of rotatable bonds is 4. The second kappa shape index (κ2) is 10.3. The van der Waals surface area contributed by atoms with Gasteiger partial charge in [0.1, 0.15) is 0 Å². The first-order chi connectivity index (χ1) is 12.6. The zero-order chi connectivity index (χ0) is 18.5. The normalized spacial score (nSPS) is 22.9. The van der Waals surface area contributed by atoms with Gasteiger partial charge in [0.05, 0.1) is 12.0 Å². The summed E-state index contributed by atoms with van der Waals surface area (Å²) in [6.07, 6.45) is 3.18. The number of hydrogen-bond donors (Lipinski definition) is 1. The van der Waals surface area contributed by atoms with Crippen molar-refractivity contribution in [3.8, 4) is 0 Å². The molecule has 2 fully saturated rings. The molecule has 150 valence electrons. The lowest BCUT2D eigenvalue weighted by atomic mass is 9.94. The van der Waals surface area contributed by atoms with Crippen molar-refractivity contribution < 1.29 is 9.59 Å². The van der Waals surface area contributed by atoms with Crippen LogP contribution in [0.5, 0.6) is 0 Å². The van der Waals surface area contributed by atoms with Crippen LogP contribution < -0.4 is 5.32 Å². The van der Waals surface area contributed by atoms with Crippen molar-refractivity contribution in [3.63, 3.8) is 0 Å². The number of halogens is 2. The zero-order valence-corrected chi connectivity index (χ0v) is 17.4. The van der Waals surface area contributed by atoms with Gasteiger partial charge in [0.15, 0.2) is 0 Å². The van der Waals surface area contributed by atoms with E-state index in [9.17, 15) is 9.59 Å². The average Bonchev–Trinajstić information content (AvgIpc) is 2.68. The fraction of sp³-hybridized carbons (Fsp3) is 0.600. The standard InChI is InChI=1S/C20H28ClN3O2.ClH/c1-2-5-19(25)23-10-4-7-16(14-23)20(26)24-11-9-22-13-18(24)15-6-3-8-17(21)12-15;/h3,6,8,12,16,18,22H,2,4-5,7,9-11,13-14H2,1H3;1H. The fourth-order valence-corrected chi connectivity index (χ4v) is 4.19. The van der Waals surface area contributed by atoms with E-state index in [4.69, 9.17) is 11.6 Å². The van der Waals surface area contributed by atoms with Crippen molar-refractivity contribution in [2.45, 2.75) is 38.6 Å². The number of piperidine rings is 1. The molecule has 2 saturated heterocycles. The van der Waals surface area contributed by atoms with Gasteiger partial charge in [-0.25, -0.2) is 0 Å². The Morgan fingerprint density at radius 1 is 1.30 bits per heavy atom. The topological polar surface area (TPSA) is 52.7 Å². The predicted octanol–water partition coefficient (Wildman–Crippen LogP) is 3.27. The molecule has 5 nitrogen and oxygen atoms in total. The molecule has 2 atom stereocenters. The summed E-state index contributed by atoms with van der Waals surface area (Å²) < 4.78 is 0. The van der Waals surface area contributed by atoms with Crippen LogP contribution >= 0.6 is 24.0 Å². The van der Waals surface area contributed by atoms with Gasteiger partial charge < -0.3 is 15.1 Å². The molecule has 0 radical (unpaired) electrons. The molecule has 2 heterocycles. The molecule has 2 aliphatic heterocycles. The summed E-state index contributed by atoms with van der Waals surface area (Å²) in [4.78, 5) is 29.4. The van der Waals surface area contributed by atoms with Crippen LogP contribution in [0.4, 0.5) is 0 Å². The summed E-state index contributed by atoms with van der Waals surface area (Å²) in [5.74, 6) is 0.256. The van der Waals surface area contributed by atoms with Gasteiger partial charge in [0, 0.05) is 44.2 Å². The van der Waals surface area contributed by atoms with Crippen molar-refractivity contribution >= 4 is 35.8 Å². The molecule has 0 bridgehead atoms. The van der Waals surface area contributed by atoms with Crippen molar-refractivity contribution in [2.75, 3.05) is 32.7 Å². The van der Waals surface area contributed by atoms with Crippen molar-refractivity contribution in [3.05, 3.63) is 34.9 Å². The largest absolute Gasteiger partial charge is 0.342 e. The third-order valence-electron chi connectivity index (χ3n) is 5.35. The second-order valence-corrected chi connectivity index (χ2v) is 7.67. The maximum Gasteiger partial charge on any atom is 0.228 e. The molecule has 7 heteroatoms. The van der Waals surface area contributed by atoms with Gasteiger partial charge in [-0.2, -0.15) is 0 Å². The highest BCUT2D eigenvalue weighted by atomic mass is 35.5. The molecule has 0 saturated carbocycles. The molecule has 2 unspecified atom stereocenters. The highest BCUT2D eigenvalue weighted by Crippen LogP contribution is 2.28. The molecular weight excluding hydrogens is 385 g/mol. The number of amides is 2. The highest BCUT2D eigenvalue weighted by Gasteiger charge is 2.35. The Morgan fingerprint density at radius 3 is 2.85 bits per heavy atom. The van der Waals surface area contributed by atoms with Crippen LogP contribution in [0.3, 0.4) is 0 Å². The summed E-state index contributed by atoms with van der Waals surface area (Å²) >= 11 is 6.16. The summed E-state index contributed by atoms with van der Waals surface area (Å²) in [7, 11) is 0. The van der Waals surface area contributed by atoms with E-state index in [1.165, 1.54) is 0 Å². The quantitative estimate of drug-likeness (QED) is 0.823. The Bertz CT molecular complexity index is 656. The van der Waals surface area contributed by atoms with Crippen LogP contribution in [0.25, 0.3) is 0 Å². The first kappa shape index (κ1) is 22.0. The lowest BCUT2D eigenvalue weighted by molar-refractivity contribution is -0.143. The minimum Gasteiger partial charge on any atom is -0.342 e. The van der Waals surface area contributed by atoms with Gasteiger partial charge in [0.25, 0.3) is 0 Å². The predicted molar refractivity (Wildman–Crippen MR) is 110 cm³/mol. The van der Waals surface area contributed by atoms with Gasteiger partial charge >= 0.3 is 0 Å². The second-order valence-electron chi connectivity index (χ2n) is 7.24. The summed E-state index contributed by atoms with van der Waals surface area (Å²) in [5.41, 5.74) is 1.06. The van der Waals surface area contributed by atoms with E-state index in [1.54, 1.807) is 0 Å². The van der Waals surface area contributed by atoms with E-state index < -0.39 is 0 Å². The van der Waals surface area contributed by atoms with Gasteiger partial charge in [-0.05, 0) is 37.0 Å². The number of nitrogens with one attached hydrogen (secondary N) is 1. The van der Waals surface area contributed by atoms with Gasteiger partial charge in [-0.1, -0.05) is 30.7 Å². The van der Waals surface area contributed by atoms with Crippen LogP contribution in [0, 0.1) is 5.92 Å². The minimum absolute atomic E-state index is 0. The molecule has 1 aromatic carbocycles. The van der Waals surface area contributed by atoms with E-state index in [-0.39, 0.29) is 36.2 Å². The molecule has 0 aliphatic carbocycles. The average molecular weight is 414 g/mol. The molecule has 27 heavy (non-hydrogen) atoms. The molecule has 0 spiro atoms. The minimum atomic E-state index is -0.0932. The first-order valence-electron chi connectivity index (χ1n) is 9.64. The van der Waals surface area contributed by atoms with Crippen LogP contribution in [0.15, 0.2) is 24.3 Å². The Kier molecular flexibility index (Phi) is 8.39. The van der Waals surface area contributed by atoms with E-state index >= 15 is 0 Å². The summed E-state index contributed by atoms with van der Waals surface area (Å²) in [6, 6.07) is 7.75. The van der Waals surface area contributed by atoms with E-state index in [1.807, 2.05) is 41.0 Å². The first-order valence-corrected chi connectivity index (χ1v) is 10.0. The number of nitrogens with zero attached hydrogens (tertiary/aromatic N) is 2. The summed E-state index contributed by atoms with van der Waals surface area (Å²) in [5, 5.41) is 4.07. The van der Waals surface area contributed by atoms with Crippen LogP contribution in [0.2, 0.25) is 5.02 Å². The number of benzene rings is 1. The number of likely N-dealkylation sites (tertiary alicyclic amines) is 1. The maximum absolute atomic E-state index is 13.3. The van der Waals surface area contributed by atoms with Gasteiger partial charge in [0.2, 0.25) is 11.8 Å². The third-order valence-corrected chi connectivity index (χ3v) is 5.58. The van der Waals surface area contributed by atoms with Crippen molar-refractivity contribution in [1.29, 1.82) is 0 Å². The number of carbonyl (C=O) groups is 2. The van der Waals surface area contributed by atoms with Gasteiger partial charge in [-0.3, -0.25) is 9.59 Å². The number of hydrogen-bond acceptors (Lipinski definition) is 3. The Labute approximate surface area is 172 Å². The Hall–Kier alpha value is -1.30. The lowest BCUT2D eigenvalue weighted by Gasteiger charge is -2.41. The molecule has 2 amide bonds. The lowest BCUT2D eigenvalue weighted by Crippen LogP contribution is -2.53. The molecule has 1 aromatic rings. The van der Waals surface area contributed by atoms with E-state index in [0.29, 0.717) is 24.5 Å². The Balaban J connectivity index is 0.00000261. The van der Waals surface area contributed by atoms with Crippen LogP contribution in [0.1, 0.15) is 44.2 Å². The maximum atomic E-state index is 13.3. The molecular formula is C20H29Cl2N3O2. The monoisotopic (exact) mass is 413 g/mol. The van der Waals surface area contributed by atoms with E-state index in [2.05, 4.69) is 5.32 Å².